The molecule has 0 spiro atoms. The highest BCUT2D eigenvalue weighted by atomic mass is 35.5. The number of halogens is 1. The minimum absolute atomic E-state index is 0. The second-order valence-corrected chi connectivity index (χ2v) is 8.69. The Morgan fingerprint density at radius 2 is 1.87 bits per heavy atom. The van der Waals surface area contributed by atoms with E-state index < -0.39 is 10.1 Å². The third kappa shape index (κ3) is 6.17. The van der Waals surface area contributed by atoms with Crippen LogP contribution in [0.25, 0.3) is 0 Å². The lowest BCUT2D eigenvalue weighted by Gasteiger charge is -2.32. The van der Waals surface area contributed by atoms with Gasteiger partial charge in [-0.3, -0.25) is 5.41 Å². The summed E-state index contributed by atoms with van der Waals surface area (Å²) in [7, 11) is -4.07. The number of nitrogens with zero attached hydrogens (tertiary/aromatic N) is 1. The van der Waals surface area contributed by atoms with Gasteiger partial charge in [-0.05, 0) is 55.5 Å². The first-order valence-electron chi connectivity index (χ1n) is 9.30. The van der Waals surface area contributed by atoms with Crippen molar-refractivity contribution in [2.24, 2.45) is 11.7 Å². The molecule has 2 aromatic rings. The number of rotatable bonds is 6. The molecular weight excluding hydrogens is 430 g/mol. The van der Waals surface area contributed by atoms with Crippen LogP contribution in [0, 0.1) is 18.3 Å². The first-order valence-corrected chi connectivity index (χ1v) is 10.7. The average molecular weight is 456 g/mol. The molecular formula is C20H26ClN3O5S. The number of likely N-dealkylation sites (tertiary alicyclic amines) is 1. The van der Waals surface area contributed by atoms with Gasteiger partial charge >= 0.3 is 10.1 Å². The zero-order chi connectivity index (χ0) is 21.0. The number of phenols is 1. The average Bonchev–Trinajstić information content (AvgIpc) is 2.66. The number of aryl methyl sites for hydroxylation is 1. The fourth-order valence-corrected chi connectivity index (χ4v) is 4.17. The van der Waals surface area contributed by atoms with Crippen molar-refractivity contribution in [3.05, 3.63) is 48.0 Å². The smallest absolute Gasteiger partial charge is 0.339 e. The summed E-state index contributed by atoms with van der Waals surface area (Å²) in [6, 6.07) is 10.3. The Hall–Kier alpha value is -2.65. The summed E-state index contributed by atoms with van der Waals surface area (Å²) in [5, 5.41) is 17.0. The van der Waals surface area contributed by atoms with E-state index in [-0.39, 0.29) is 34.8 Å². The largest absolute Gasteiger partial charge is 0.508 e. The van der Waals surface area contributed by atoms with E-state index in [0.29, 0.717) is 18.3 Å². The summed E-state index contributed by atoms with van der Waals surface area (Å²) in [6.45, 7) is 3.78. The maximum absolute atomic E-state index is 12.5. The van der Waals surface area contributed by atoms with Gasteiger partial charge in [0.1, 0.15) is 22.1 Å². The van der Waals surface area contributed by atoms with Crippen molar-refractivity contribution in [2.75, 3.05) is 19.7 Å². The number of nitrogens with one attached hydrogen (secondary N) is 1. The molecule has 0 amide bonds. The van der Waals surface area contributed by atoms with Crippen LogP contribution in [0.5, 0.6) is 17.2 Å². The SMILES string of the molecule is Cc1cc(OCC2CCN(C(=N)N)CC2)cc(OS(=O)(=O)c2cccc(O)c2)c1.Cl. The van der Waals surface area contributed by atoms with Crippen LogP contribution in [-0.4, -0.2) is 44.1 Å². The van der Waals surface area contributed by atoms with Gasteiger partial charge in [-0.2, -0.15) is 8.42 Å². The molecule has 3 rings (SSSR count). The molecule has 0 atom stereocenters. The maximum Gasteiger partial charge on any atom is 0.339 e. The van der Waals surface area contributed by atoms with E-state index in [1.165, 1.54) is 24.3 Å². The molecule has 0 bridgehead atoms. The molecule has 1 saturated heterocycles. The number of phenolic OH excluding ortho intramolecular Hbond substituents is 1. The Bertz CT molecular complexity index is 992. The normalized spacial score (nSPS) is 14.6. The monoisotopic (exact) mass is 455 g/mol. The number of hydrogen-bond donors (Lipinski definition) is 3. The van der Waals surface area contributed by atoms with Crippen molar-refractivity contribution >= 4 is 28.5 Å². The number of ether oxygens (including phenoxy) is 1. The van der Waals surface area contributed by atoms with Gasteiger partial charge in [-0.1, -0.05) is 6.07 Å². The second-order valence-electron chi connectivity index (χ2n) is 7.14. The van der Waals surface area contributed by atoms with E-state index in [1.54, 1.807) is 6.07 Å². The van der Waals surface area contributed by atoms with Gasteiger partial charge in [0.15, 0.2) is 5.96 Å². The Morgan fingerprint density at radius 3 is 2.50 bits per heavy atom. The predicted molar refractivity (Wildman–Crippen MR) is 116 cm³/mol. The van der Waals surface area contributed by atoms with Crippen LogP contribution in [0.3, 0.4) is 0 Å². The van der Waals surface area contributed by atoms with Crippen molar-refractivity contribution in [3.8, 4) is 17.2 Å². The fourth-order valence-electron chi connectivity index (χ4n) is 3.21. The molecule has 1 heterocycles. The van der Waals surface area contributed by atoms with Crippen molar-refractivity contribution < 1.29 is 22.4 Å². The van der Waals surface area contributed by atoms with Gasteiger partial charge < -0.3 is 24.7 Å². The molecule has 2 aromatic carbocycles. The lowest BCUT2D eigenvalue weighted by Crippen LogP contribution is -2.43. The third-order valence-corrected chi connectivity index (χ3v) is 6.02. The molecule has 1 fully saturated rings. The van der Waals surface area contributed by atoms with E-state index in [4.69, 9.17) is 20.1 Å². The zero-order valence-electron chi connectivity index (χ0n) is 16.6. The Labute approximate surface area is 182 Å². The van der Waals surface area contributed by atoms with Crippen LogP contribution in [0.1, 0.15) is 18.4 Å². The lowest BCUT2D eigenvalue weighted by molar-refractivity contribution is 0.180. The molecule has 0 saturated carbocycles. The van der Waals surface area contributed by atoms with Crippen LogP contribution in [-0.2, 0) is 10.1 Å². The van der Waals surface area contributed by atoms with Gasteiger partial charge in [0, 0.05) is 25.2 Å². The minimum Gasteiger partial charge on any atom is -0.508 e. The Kier molecular flexibility index (Phi) is 7.80. The van der Waals surface area contributed by atoms with Gasteiger partial charge in [0.2, 0.25) is 0 Å². The van der Waals surface area contributed by atoms with Gasteiger partial charge in [-0.25, -0.2) is 0 Å². The Morgan fingerprint density at radius 1 is 1.20 bits per heavy atom. The van der Waals surface area contributed by atoms with Crippen LogP contribution >= 0.6 is 12.4 Å². The fraction of sp³-hybridized carbons (Fsp3) is 0.350. The number of aromatic hydroxyl groups is 1. The van der Waals surface area contributed by atoms with Crippen LogP contribution in [0.15, 0.2) is 47.4 Å². The van der Waals surface area contributed by atoms with Crippen LogP contribution < -0.4 is 14.7 Å². The number of guanidine groups is 1. The van der Waals surface area contributed by atoms with E-state index >= 15 is 0 Å². The van der Waals surface area contributed by atoms with Crippen LogP contribution in [0.2, 0.25) is 0 Å². The van der Waals surface area contributed by atoms with E-state index in [1.807, 2.05) is 17.9 Å². The van der Waals surface area contributed by atoms with Crippen molar-refractivity contribution in [1.29, 1.82) is 5.41 Å². The summed E-state index contributed by atoms with van der Waals surface area (Å²) in [4.78, 5) is 1.71. The van der Waals surface area contributed by atoms with Crippen LogP contribution in [0.4, 0.5) is 0 Å². The highest BCUT2D eigenvalue weighted by molar-refractivity contribution is 7.87. The molecule has 1 aliphatic rings. The van der Waals surface area contributed by atoms with Gasteiger partial charge in [0.05, 0.1) is 6.61 Å². The lowest BCUT2D eigenvalue weighted by atomic mass is 9.98. The van der Waals surface area contributed by atoms with Crippen molar-refractivity contribution in [2.45, 2.75) is 24.7 Å². The molecule has 0 unspecified atom stereocenters. The number of nitrogens with two attached hydrogens (primary N) is 1. The van der Waals surface area contributed by atoms with Gasteiger partial charge in [0.25, 0.3) is 0 Å². The molecule has 10 heteroatoms. The second kappa shape index (κ2) is 9.90. The highest BCUT2D eigenvalue weighted by Gasteiger charge is 2.21. The summed E-state index contributed by atoms with van der Waals surface area (Å²) in [5.41, 5.74) is 6.31. The minimum atomic E-state index is -4.07. The standard InChI is InChI=1S/C20H25N3O5S.ClH/c1-14-9-17(27-13-15-5-7-23(8-6-15)20(21)22)12-18(10-14)28-29(25,26)19-4-2-3-16(24)11-19;/h2-4,9-12,15,24H,5-8,13H2,1H3,(H3,21,22);1H. The van der Waals surface area contributed by atoms with Gasteiger partial charge in [-0.15, -0.1) is 12.4 Å². The number of hydrogen-bond acceptors (Lipinski definition) is 6. The molecule has 1 aliphatic heterocycles. The molecule has 8 nitrogen and oxygen atoms in total. The number of piperidine rings is 1. The zero-order valence-corrected chi connectivity index (χ0v) is 18.2. The van der Waals surface area contributed by atoms with Crippen molar-refractivity contribution in [3.63, 3.8) is 0 Å². The molecule has 30 heavy (non-hydrogen) atoms. The highest BCUT2D eigenvalue weighted by Crippen LogP contribution is 2.27. The molecule has 0 aromatic heterocycles. The first kappa shape index (κ1) is 23.6. The topological polar surface area (TPSA) is 126 Å². The third-order valence-electron chi connectivity index (χ3n) is 4.78. The summed E-state index contributed by atoms with van der Waals surface area (Å²) in [6.07, 6.45) is 1.75. The van der Waals surface area contributed by atoms with E-state index in [2.05, 4.69) is 0 Å². The summed E-state index contributed by atoms with van der Waals surface area (Å²) in [5.74, 6) is 0.956. The quantitative estimate of drug-likeness (QED) is 0.347. The molecule has 0 radical (unpaired) electrons. The molecule has 164 valence electrons. The van der Waals surface area contributed by atoms with E-state index in [9.17, 15) is 13.5 Å². The van der Waals surface area contributed by atoms with E-state index in [0.717, 1.165) is 37.6 Å². The Balaban J connectivity index is 0.00000320. The molecule has 4 N–H and O–H groups in total. The first-order chi connectivity index (χ1) is 13.7. The summed E-state index contributed by atoms with van der Waals surface area (Å²) >= 11 is 0. The number of benzene rings is 2. The molecule has 0 aliphatic carbocycles. The van der Waals surface area contributed by atoms with Crippen molar-refractivity contribution in [1.82, 2.24) is 4.90 Å². The summed E-state index contributed by atoms with van der Waals surface area (Å²) < 4.78 is 36.0. The maximum atomic E-state index is 12.5. The predicted octanol–water partition coefficient (Wildman–Crippen LogP) is 2.87.